The molecule has 1 rings (SSSR count). The first-order chi connectivity index (χ1) is 6.59. The van der Waals surface area contributed by atoms with Crippen LogP contribution in [0.4, 0.5) is 4.79 Å². The number of rotatable bonds is 3. The molecule has 74 valence electrons. The zero-order valence-corrected chi connectivity index (χ0v) is 9.94. The lowest BCUT2D eigenvalue weighted by Gasteiger charge is -2.01. The highest BCUT2D eigenvalue weighted by Gasteiger charge is 2.06. The van der Waals surface area contributed by atoms with Crippen LogP contribution >= 0.6 is 25.2 Å². The van der Waals surface area contributed by atoms with Gasteiger partial charge in [0, 0.05) is 10.0 Å². The van der Waals surface area contributed by atoms with Gasteiger partial charge in [0.1, 0.15) is 0 Å². The zero-order chi connectivity index (χ0) is 10.6. The van der Waals surface area contributed by atoms with Crippen molar-refractivity contribution in [1.82, 2.24) is 0 Å². The normalized spacial score (nSPS) is 9.57. The van der Waals surface area contributed by atoms with Gasteiger partial charge < -0.3 is 4.74 Å². The lowest BCUT2D eigenvalue weighted by atomic mass is 10.1. The molecule has 0 fully saturated rings. The molecule has 0 aliphatic carbocycles. The van der Waals surface area contributed by atoms with Crippen LogP contribution in [0.5, 0.6) is 0 Å². The van der Waals surface area contributed by atoms with E-state index in [0.29, 0.717) is 5.56 Å². The van der Waals surface area contributed by atoms with Crippen molar-refractivity contribution in [3.63, 3.8) is 0 Å². The maximum absolute atomic E-state index is 11.4. The van der Waals surface area contributed by atoms with Gasteiger partial charge in [-0.15, -0.1) is 0 Å². The number of halogens is 1. The van der Waals surface area contributed by atoms with Crippen molar-refractivity contribution in [3.8, 4) is 0 Å². The minimum Gasteiger partial charge on any atom is -0.455 e. The predicted molar refractivity (Wildman–Crippen MR) is 59.5 cm³/mol. The van der Waals surface area contributed by atoms with E-state index >= 15 is 0 Å². The first-order valence-electron chi connectivity index (χ1n) is 3.80. The molecule has 0 aliphatic rings. The third kappa shape index (κ3) is 3.56. The molecule has 0 heterocycles. The third-order valence-corrected chi connectivity index (χ3v) is 2.21. The maximum atomic E-state index is 11.4. The Hall–Kier alpha value is -0.730. The SMILES string of the molecule is O=C(P)OCC(=O)c1ccc(Br)cc1. The fraction of sp³-hybridized carbons (Fsp3) is 0.111. The number of hydrogen-bond donors (Lipinski definition) is 0. The monoisotopic (exact) mass is 274 g/mol. The second-order valence-corrected chi connectivity index (χ2v) is 3.92. The van der Waals surface area contributed by atoms with Gasteiger partial charge in [-0.05, 0) is 21.4 Å². The van der Waals surface area contributed by atoms with Gasteiger partial charge in [-0.2, -0.15) is 0 Å². The Labute approximate surface area is 92.2 Å². The van der Waals surface area contributed by atoms with Crippen LogP contribution < -0.4 is 0 Å². The topological polar surface area (TPSA) is 43.4 Å². The molecular formula is C9H8BrO3P. The molecule has 3 nitrogen and oxygen atoms in total. The van der Waals surface area contributed by atoms with Crippen LogP contribution in [0.3, 0.4) is 0 Å². The zero-order valence-electron chi connectivity index (χ0n) is 7.20. The fourth-order valence-electron chi connectivity index (χ4n) is 0.856. The minimum atomic E-state index is -0.532. The average Bonchev–Trinajstić information content (AvgIpc) is 2.15. The van der Waals surface area contributed by atoms with Crippen LogP contribution in [0.25, 0.3) is 0 Å². The van der Waals surface area contributed by atoms with Crippen molar-refractivity contribution in [2.24, 2.45) is 0 Å². The summed E-state index contributed by atoms with van der Waals surface area (Å²) in [5.41, 5.74) is -0.00471. The van der Waals surface area contributed by atoms with Gasteiger partial charge in [0.15, 0.2) is 12.4 Å². The smallest absolute Gasteiger partial charge is 0.320 e. The second-order valence-electron chi connectivity index (χ2n) is 2.54. The molecule has 0 saturated carbocycles. The van der Waals surface area contributed by atoms with Crippen LogP contribution in [0.2, 0.25) is 0 Å². The van der Waals surface area contributed by atoms with Gasteiger partial charge >= 0.3 is 5.71 Å². The number of benzene rings is 1. The second kappa shape index (κ2) is 5.23. The molecular weight excluding hydrogens is 267 g/mol. The summed E-state index contributed by atoms with van der Waals surface area (Å²) in [6, 6.07) is 6.86. The van der Waals surface area contributed by atoms with Crippen LogP contribution in [-0.4, -0.2) is 18.1 Å². The van der Waals surface area contributed by atoms with Crippen molar-refractivity contribution >= 4 is 36.7 Å². The Bertz CT molecular complexity index is 348. The van der Waals surface area contributed by atoms with Gasteiger partial charge in [-0.3, -0.25) is 4.79 Å². The Morgan fingerprint density at radius 3 is 2.36 bits per heavy atom. The molecule has 14 heavy (non-hydrogen) atoms. The van der Waals surface area contributed by atoms with E-state index in [2.05, 4.69) is 20.7 Å². The summed E-state index contributed by atoms with van der Waals surface area (Å²) in [4.78, 5) is 21.8. The maximum Gasteiger partial charge on any atom is 0.320 e. The molecule has 0 saturated heterocycles. The van der Waals surface area contributed by atoms with Crippen molar-refractivity contribution in [2.45, 2.75) is 0 Å². The van der Waals surface area contributed by atoms with E-state index in [1.807, 2.05) is 9.24 Å². The van der Waals surface area contributed by atoms with E-state index < -0.39 is 5.71 Å². The molecule has 0 aromatic heterocycles. The highest BCUT2D eigenvalue weighted by Crippen LogP contribution is 2.11. The summed E-state index contributed by atoms with van der Waals surface area (Å²) in [5.74, 6) is -0.215. The van der Waals surface area contributed by atoms with E-state index in [1.54, 1.807) is 24.3 Å². The van der Waals surface area contributed by atoms with Crippen molar-refractivity contribution in [1.29, 1.82) is 0 Å². The van der Waals surface area contributed by atoms with E-state index in [-0.39, 0.29) is 12.4 Å². The number of carbonyl (C=O) groups excluding carboxylic acids is 2. The van der Waals surface area contributed by atoms with E-state index in [9.17, 15) is 9.59 Å². The molecule has 0 amide bonds. The lowest BCUT2D eigenvalue weighted by Crippen LogP contribution is -2.09. The predicted octanol–water partition coefficient (Wildman–Crippen LogP) is 2.64. The molecule has 1 aromatic carbocycles. The molecule has 1 aromatic rings. The van der Waals surface area contributed by atoms with Gasteiger partial charge in [-0.25, -0.2) is 4.79 Å². The summed E-state index contributed by atoms with van der Waals surface area (Å²) in [6.45, 7) is -0.218. The number of ketones is 1. The van der Waals surface area contributed by atoms with Crippen LogP contribution in [0, 0.1) is 0 Å². The molecule has 0 aliphatic heterocycles. The summed E-state index contributed by atoms with van der Waals surface area (Å²) in [7, 11) is 1.85. The van der Waals surface area contributed by atoms with Crippen molar-refractivity contribution in [2.75, 3.05) is 6.61 Å². The first kappa shape index (κ1) is 11.3. The Morgan fingerprint density at radius 1 is 1.29 bits per heavy atom. The number of Topliss-reactive ketones (excluding diaryl/α,β-unsaturated/α-hetero) is 1. The fourth-order valence-corrected chi connectivity index (χ4v) is 1.20. The molecule has 0 radical (unpaired) electrons. The van der Waals surface area contributed by atoms with Gasteiger partial charge in [0.2, 0.25) is 0 Å². The number of ether oxygens (including phenoxy) is 1. The minimum absolute atomic E-state index is 0.215. The lowest BCUT2D eigenvalue weighted by molar-refractivity contribution is 0.0877. The molecule has 5 heteroatoms. The van der Waals surface area contributed by atoms with E-state index in [4.69, 9.17) is 0 Å². The molecule has 0 bridgehead atoms. The standard InChI is InChI=1S/C9H8BrO3P/c10-7-3-1-6(2-4-7)8(11)5-13-9(12)14/h1-4H,5,14H2. The summed E-state index contributed by atoms with van der Waals surface area (Å²) in [5, 5.41) is 0. The largest absolute Gasteiger partial charge is 0.455 e. The Morgan fingerprint density at radius 2 is 1.86 bits per heavy atom. The van der Waals surface area contributed by atoms with Crippen LogP contribution in [0.15, 0.2) is 28.7 Å². The molecule has 0 spiro atoms. The summed E-state index contributed by atoms with van der Waals surface area (Å²) < 4.78 is 5.45. The van der Waals surface area contributed by atoms with Gasteiger partial charge in [0.25, 0.3) is 0 Å². The van der Waals surface area contributed by atoms with Crippen LogP contribution in [-0.2, 0) is 4.74 Å². The number of carbonyl (C=O) groups is 2. The summed E-state index contributed by atoms with van der Waals surface area (Å²) >= 11 is 3.26. The van der Waals surface area contributed by atoms with Gasteiger partial charge in [-0.1, -0.05) is 28.1 Å². The van der Waals surface area contributed by atoms with Crippen molar-refractivity contribution in [3.05, 3.63) is 34.3 Å². The number of hydrogen-bond acceptors (Lipinski definition) is 3. The summed E-state index contributed by atoms with van der Waals surface area (Å²) in [6.07, 6.45) is 0. The van der Waals surface area contributed by atoms with Crippen molar-refractivity contribution < 1.29 is 14.3 Å². The van der Waals surface area contributed by atoms with E-state index in [0.717, 1.165) is 4.47 Å². The molecule has 1 unspecified atom stereocenters. The van der Waals surface area contributed by atoms with E-state index in [1.165, 1.54) is 0 Å². The highest BCUT2D eigenvalue weighted by molar-refractivity contribution is 9.10. The molecule has 0 N–H and O–H groups in total. The Kier molecular flexibility index (Phi) is 4.23. The highest BCUT2D eigenvalue weighted by atomic mass is 79.9. The average molecular weight is 275 g/mol. The molecule has 1 atom stereocenters. The quantitative estimate of drug-likeness (QED) is 0.629. The Balaban J connectivity index is 2.61. The first-order valence-corrected chi connectivity index (χ1v) is 5.17. The third-order valence-electron chi connectivity index (χ3n) is 1.51. The van der Waals surface area contributed by atoms with Gasteiger partial charge in [0.05, 0.1) is 0 Å². The van der Waals surface area contributed by atoms with Crippen LogP contribution in [0.1, 0.15) is 10.4 Å².